The molecule has 1 fully saturated rings. The second-order valence-corrected chi connectivity index (χ2v) is 7.97. The minimum absolute atomic E-state index is 0.0299. The lowest BCUT2D eigenvalue weighted by Gasteiger charge is -2.21. The van der Waals surface area contributed by atoms with E-state index in [-0.39, 0.29) is 10.5 Å². The van der Waals surface area contributed by atoms with Crippen molar-refractivity contribution in [1.29, 1.82) is 0 Å². The Morgan fingerprint density at radius 2 is 2.14 bits per heavy atom. The standard InChI is InChI=1S/C14H19NO4S2/c1-19-14(16)12-7-2-3-8-13(12)21(17,18)15-10-11-6-4-5-9-20-11/h2-3,7-8,11,15H,4-6,9-10H2,1H3. The molecule has 0 aliphatic carbocycles. The van der Waals surface area contributed by atoms with E-state index in [2.05, 4.69) is 9.46 Å². The fourth-order valence-electron chi connectivity index (χ4n) is 2.23. The van der Waals surface area contributed by atoms with Crippen LogP contribution in [0.4, 0.5) is 0 Å². The molecule has 1 atom stereocenters. The van der Waals surface area contributed by atoms with Crippen molar-refractivity contribution in [1.82, 2.24) is 4.72 Å². The van der Waals surface area contributed by atoms with E-state index in [0.717, 1.165) is 18.6 Å². The molecular weight excluding hydrogens is 310 g/mol. The van der Waals surface area contributed by atoms with Crippen molar-refractivity contribution >= 4 is 27.8 Å². The zero-order valence-electron chi connectivity index (χ0n) is 11.9. The first-order valence-electron chi connectivity index (χ1n) is 6.83. The molecule has 1 aliphatic heterocycles. The van der Waals surface area contributed by atoms with Crippen molar-refractivity contribution in [2.45, 2.75) is 29.4 Å². The quantitative estimate of drug-likeness (QED) is 0.837. The lowest BCUT2D eigenvalue weighted by molar-refractivity contribution is 0.0596. The molecule has 7 heteroatoms. The summed E-state index contributed by atoms with van der Waals surface area (Å²) in [5.41, 5.74) is 0.0591. The third kappa shape index (κ3) is 4.21. The highest BCUT2D eigenvalue weighted by atomic mass is 32.2. The topological polar surface area (TPSA) is 72.5 Å². The van der Waals surface area contributed by atoms with E-state index in [4.69, 9.17) is 0 Å². The van der Waals surface area contributed by atoms with Gasteiger partial charge in [-0.2, -0.15) is 11.8 Å². The molecule has 2 rings (SSSR count). The molecule has 21 heavy (non-hydrogen) atoms. The summed E-state index contributed by atoms with van der Waals surface area (Å²) in [5.74, 6) is 0.425. The average molecular weight is 329 g/mol. The Hall–Kier alpha value is -1.05. The van der Waals surface area contributed by atoms with Gasteiger partial charge >= 0.3 is 5.97 Å². The first-order chi connectivity index (χ1) is 10.0. The van der Waals surface area contributed by atoms with E-state index in [1.807, 2.05) is 0 Å². The molecular formula is C14H19NO4S2. The smallest absolute Gasteiger partial charge is 0.339 e. The largest absolute Gasteiger partial charge is 0.465 e. The maximum absolute atomic E-state index is 12.4. The molecule has 1 aromatic carbocycles. The first kappa shape index (κ1) is 16.3. The van der Waals surface area contributed by atoms with Crippen LogP contribution in [0.15, 0.2) is 29.2 Å². The van der Waals surface area contributed by atoms with E-state index in [0.29, 0.717) is 11.8 Å². The summed E-state index contributed by atoms with van der Waals surface area (Å²) in [5, 5.41) is 0.304. The van der Waals surface area contributed by atoms with Crippen LogP contribution in [0.2, 0.25) is 0 Å². The number of methoxy groups -OCH3 is 1. The van der Waals surface area contributed by atoms with Gasteiger partial charge in [0.25, 0.3) is 0 Å². The summed E-state index contributed by atoms with van der Waals surface area (Å²) in [6.07, 6.45) is 3.35. The summed E-state index contributed by atoms with van der Waals surface area (Å²) in [4.78, 5) is 11.6. The predicted octanol–water partition coefficient (Wildman–Crippen LogP) is 2.04. The fraction of sp³-hybridized carbons (Fsp3) is 0.500. The number of sulfonamides is 1. The Morgan fingerprint density at radius 1 is 1.38 bits per heavy atom. The average Bonchev–Trinajstić information content (AvgIpc) is 2.53. The number of carbonyl (C=O) groups is 1. The summed E-state index contributed by atoms with van der Waals surface area (Å²) >= 11 is 1.80. The van der Waals surface area contributed by atoms with Gasteiger partial charge in [0.05, 0.1) is 17.6 Å². The molecule has 1 aromatic rings. The highest BCUT2D eigenvalue weighted by Gasteiger charge is 2.24. The normalized spacial score (nSPS) is 19.2. The number of nitrogens with one attached hydrogen (secondary N) is 1. The molecule has 1 saturated heterocycles. The van der Waals surface area contributed by atoms with Gasteiger partial charge < -0.3 is 4.74 Å². The van der Waals surface area contributed by atoms with Gasteiger partial charge in [0.15, 0.2) is 0 Å². The third-order valence-electron chi connectivity index (χ3n) is 3.36. The highest BCUT2D eigenvalue weighted by molar-refractivity contribution is 8.00. The molecule has 0 saturated carbocycles. The van der Waals surface area contributed by atoms with Crippen molar-refractivity contribution in [3.05, 3.63) is 29.8 Å². The predicted molar refractivity (Wildman–Crippen MR) is 83.1 cm³/mol. The van der Waals surface area contributed by atoms with Gasteiger partial charge in [0.1, 0.15) is 0 Å². The third-order valence-corrected chi connectivity index (χ3v) is 6.24. The van der Waals surface area contributed by atoms with Gasteiger partial charge in [0, 0.05) is 11.8 Å². The van der Waals surface area contributed by atoms with Gasteiger partial charge in [-0.15, -0.1) is 0 Å². The van der Waals surface area contributed by atoms with E-state index in [9.17, 15) is 13.2 Å². The SMILES string of the molecule is COC(=O)c1ccccc1S(=O)(=O)NCC1CCCCS1. The number of ether oxygens (including phenoxy) is 1. The van der Waals surface area contributed by atoms with Crippen molar-refractivity contribution in [2.75, 3.05) is 19.4 Å². The number of hydrogen-bond donors (Lipinski definition) is 1. The molecule has 0 bridgehead atoms. The fourth-order valence-corrected chi connectivity index (χ4v) is 4.85. The van der Waals surface area contributed by atoms with Crippen LogP contribution in [0, 0.1) is 0 Å². The summed E-state index contributed by atoms with van der Waals surface area (Å²) in [7, 11) is -2.48. The van der Waals surface area contributed by atoms with Crippen LogP contribution < -0.4 is 4.72 Å². The zero-order chi connectivity index (χ0) is 15.3. The summed E-state index contributed by atoms with van der Waals surface area (Å²) < 4.78 is 32.0. The van der Waals surface area contributed by atoms with Crippen LogP contribution in [0.5, 0.6) is 0 Å². The Kier molecular flexibility index (Phi) is 5.66. The number of esters is 1. The Bertz CT molecular complexity index is 595. The zero-order valence-corrected chi connectivity index (χ0v) is 13.5. The number of rotatable bonds is 5. The molecule has 0 amide bonds. The van der Waals surface area contributed by atoms with Crippen LogP contribution in [0.1, 0.15) is 29.6 Å². The second-order valence-electron chi connectivity index (χ2n) is 4.83. The van der Waals surface area contributed by atoms with Gasteiger partial charge in [-0.1, -0.05) is 18.6 Å². The van der Waals surface area contributed by atoms with Gasteiger partial charge in [-0.25, -0.2) is 17.9 Å². The molecule has 0 spiro atoms. The Balaban J connectivity index is 2.13. The lowest BCUT2D eigenvalue weighted by Crippen LogP contribution is -2.32. The second kappa shape index (κ2) is 7.29. The lowest BCUT2D eigenvalue weighted by atomic mass is 10.2. The van der Waals surface area contributed by atoms with E-state index in [1.165, 1.54) is 25.7 Å². The molecule has 1 aliphatic rings. The molecule has 5 nitrogen and oxygen atoms in total. The minimum atomic E-state index is -3.71. The number of thioether (sulfide) groups is 1. The van der Waals surface area contributed by atoms with Crippen LogP contribution in [0.25, 0.3) is 0 Å². The van der Waals surface area contributed by atoms with Gasteiger partial charge in [-0.05, 0) is 30.7 Å². The minimum Gasteiger partial charge on any atom is -0.465 e. The van der Waals surface area contributed by atoms with Crippen molar-refractivity contribution in [3.63, 3.8) is 0 Å². The number of hydrogen-bond acceptors (Lipinski definition) is 5. The van der Waals surface area contributed by atoms with Crippen molar-refractivity contribution in [3.8, 4) is 0 Å². The Morgan fingerprint density at radius 3 is 2.81 bits per heavy atom. The summed E-state index contributed by atoms with van der Waals surface area (Å²) in [6.45, 7) is 0.391. The van der Waals surface area contributed by atoms with Crippen LogP contribution in [-0.4, -0.2) is 39.0 Å². The Labute approximate surface area is 129 Å². The van der Waals surface area contributed by atoms with E-state index >= 15 is 0 Å². The number of carbonyl (C=O) groups excluding carboxylic acids is 1. The van der Waals surface area contributed by atoms with Crippen LogP contribution in [-0.2, 0) is 14.8 Å². The maximum atomic E-state index is 12.4. The highest BCUT2D eigenvalue weighted by Crippen LogP contribution is 2.25. The monoisotopic (exact) mass is 329 g/mol. The first-order valence-corrected chi connectivity index (χ1v) is 9.36. The molecule has 1 N–H and O–H groups in total. The molecule has 1 heterocycles. The van der Waals surface area contributed by atoms with Crippen LogP contribution in [0.3, 0.4) is 0 Å². The maximum Gasteiger partial charge on any atom is 0.339 e. The summed E-state index contributed by atoms with van der Waals surface area (Å²) in [6, 6.07) is 6.08. The van der Waals surface area contributed by atoms with Crippen molar-refractivity contribution < 1.29 is 17.9 Å². The van der Waals surface area contributed by atoms with Crippen LogP contribution >= 0.6 is 11.8 Å². The molecule has 116 valence electrons. The number of benzene rings is 1. The molecule has 0 radical (unpaired) electrons. The van der Waals surface area contributed by atoms with Gasteiger partial charge in [-0.3, -0.25) is 0 Å². The molecule has 1 unspecified atom stereocenters. The molecule has 0 aromatic heterocycles. The van der Waals surface area contributed by atoms with E-state index in [1.54, 1.807) is 23.9 Å². The van der Waals surface area contributed by atoms with Gasteiger partial charge in [0.2, 0.25) is 10.0 Å². The van der Waals surface area contributed by atoms with Crippen molar-refractivity contribution in [2.24, 2.45) is 0 Å². The van der Waals surface area contributed by atoms with E-state index < -0.39 is 16.0 Å².